The van der Waals surface area contributed by atoms with Gasteiger partial charge in [0.05, 0.1) is 6.04 Å². The van der Waals surface area contributed by atoms with Gasteiger partial charge in [-0.05, 0) is 34.4 Å². The molecule has 1 N–H and O–H groups in total. The summed E-state index contributed by atoms with van der Waals surface area (Å²) in [6.07, 6.45) is 0.463. The van der Waals surface area contributed by atoms with E-state index in [-0.39, 0.29) is 36.6 Å². The monoisotopic (exact) mass is 487 g/mol. The van der Waals surface area contributed by atoms with Gasteiger partial charge in [0.2, 0.25) is 11.8 Å². The molecule has 0 aliphatic carbocycles. The number of fused-ring (bicyclic) bond motifs is 1. The summed E-state index contributed by atoms with van der Waals surface area (Å²) in [4.78, 5) is 30.2. The minimum atomic E-state index is -0.0500. The summed E-state index contributed by atoms with van der Waals surface area (Å²) < 4.78 is 0. The second kappa shape index (κ2) is 10.6. The first-order valence-corrected chi connectivity index (χ1v) is 12.6. The maximum atomic E-state index is 13.5. The highest BCUT2D eigenvalue weighted by atomic mass is 35.5. The van der Waals surface area contributed by atoms with E-state index in [4.69, 9.17) is 11.6 Å². The number of rotatable bonds is 6. The van der Waals surface area contributed by atoms with E-state index in [2.05, 4.69) is 29.6 Å². The second-order valence-electron chi connectivity index (χ2n) is 9.32. The third kappa shape index (κ3) is 5.26. The molecule has 2 aliphatic heterocycles. The molecule has 2 atom stereocenters. The molecule has 6 heteroatoms. The van der Waals surface area contributed by atoms with Crippen molar-refractivity contribution in [2.45, 2.75) is 37.9 Å². The van der Waals surface area contributed by atoms with Crippen LogP contribution in [0.25, 0.3) is 0 Å². The van der Waals surface area contributed by atoms with Gasteiger partial charge >= 0.3 is 0 Å². The number of amides is 2. The maximum absolute atomic E-state index is 13.5. The molecule has 2 aliphatic rings. The van der Waals surface area contributed by atoms with E-state index in [0.717, 1.165) is 17.7 Å². The van der Waals surface area contributed by atoms with Gasteiger partial charge in [0.1, 0.15) is 0 Å². The molecule has 3 aromatic rings. The van der Waals surface area contributed by atoms with Crippen LogP contribution in [-0.2, 0) is 22.7 Å². The summed E-state index contributed by atoms with van der Waals surface area (Å²) in [5.41, 5.74) is 4.68. The number of carbonyl (C=O) groups excluding carboxylic acids is 2. The van der Waals surface area contributed by atoms with Crippen LogP contribution in [0.1, 0.15) is 41.0 Å². The van der Waals surface area contributed by atoms with Gasteiger partial charge in [-0.2, -0.15) is 0 Å². The van der Waals surface area contributed by atoms with Crippen molar-refractivity contribution in [2.75, 3.05) is 19.6 Å². The fraction of sp³-hybridized carbons (Fsp3) is 0.310. The molecule has 0 bridgehead atoms. The van der Waals surface area contributed by atoms with Gasteiger partial charge in [0.15, 0.2) is 0 Å². The zero-order chi connectivity index (χ0) is 24.2. The minimum absolute atomic E-state index is 0.00833. The fourth-order valence-corrected chi connectivity index (χ4v) is 5.45. The lowest BCUT2D eigenvalue weighted by Crippen LogP contribution is -2.56. The molecule has 0 spiro atoms. The van der Waals surface area contributed by atoms with Gasteiger partial charge in [-0.25, -0.2) is 0 Å². The van der Waals surface area contributed by atoms with Crippen LogP contribution in [0.2, 0.25) is 5.02 Å². The molecule has 0 radical (unpaired) electrons. The Morgan fingerprint density at radius 3 is 2.11 bits per heavy atom. The Morgan fingerprint density at radius 1 is 0.829 bits per heavy atom. The van der Waals surface area contributed by atoms with Crippen LogP contribution < -0.4 is 5.32 Å². The van der Waals surface area contributed by atoms with E-state index in [0.29, 0.717) is 31.2 Å². The smallest absolute Gasteiger partial charge is 0.223 e. The second-order valence-corrected chi connectivity index (χ2v) is 9.75. The Hall–Kier alpha value is -3.15. The van der Waals surface area contributed by atoms with Crippen LogP contribution in [-0.4, -0.2) is 47.3 Å². The van der Waals surface area contributed by atoms with Crippen molar-refractivity contribution in [2.24, 2.45) is 0 Å². The number of piperazine rings is 1. The first-order valence-electron chi connectivity index (χ1n) is 12.3. The summed E-state index contributed by atoms with van der Waals surface area (Å²) in [7, 11) is 0. The average Bonchev–Trinajstić information content (AvgIpc) is 3.34. The highest BCUT2D eigenvalue weighted by Crippen LogP contribution is 2.33. The van der Waals surface area contributed by atoms with Gasteiger partial charge in [-0.3, -0.25) is 9.59 Å². The summed E-state index contributed by atoms with van der Waals surface area (Å²) in [6.45, 7) is 3.34. The lowest BCUT2D eigenvalue weighted by molar-refractivity contribution is -0.139. The van der Waals surface area contributed by atoms with E-state index >= 15 is 0 Å². The third-order valence-corrected chi connectivity index (χ3v) is 7.37. The van der Waals surface area contributed by atoms with E-state index in [9.17, 15) is 9.59 Å². The highest BCUT2D eigenvalue weighted by molar-refractivity contribution is 6.30. The van der Waals surface area contributed by atoms with Crippen LogP contribution in [0.15, 0.2) is 78.9 Å². The Morgan fingerprint density at radius 2 is 1.43 bits per heavy atom. The molecule has 3 aromatic carbocycles. The summed E-state index contributed by atoms with van der Waals surface area (Å²) in [5, 5.41) is 4.17. The molecule has 1 saturated heterocycles. The van der Waals surface area contributed by atoms with Crippen molar-refractivity contribution < 1.29 is 9.59 Å². The molecule has 5 rings (SSSR count). The molecule has 2 heterocycles. The van der Waals surface area contributed by atoms with Crippen LogP contribution in [0.5, 0.6) is 0 Å². The average molecular weight is 488 g/mol. The molecule has 2 unspecified atom stereocenters. The first kappa shape index (κ1) is 23.6. The normalized spacial score (nSPS) is 18.3. The van der Waals surface area contributed by atoms with Gasteiger partial charge < -0.3 is 15.1 Å². The number of benzene rings is 3. The molecule has 0 aromatic heterocycles. The molecular formula is C29H30ClN3O2. The Bertz CT molecular complexity index is 1160. The Balaban J connectivity index is 1.31. The lowest BCUT2D eigenvalue weighted by Gasteiger charge is -2.41. The minimum Gasteiger partial charge on any atom is -0.336 e. The van der Waals surface area contributed by atoms with Crippen molar-refractivity contribution in [3.8, 4) is 0 Å². The predicted molar refractivity (Wildman–Crippen MR) is 138 cm³/mol. The first-order chi connectivity index (χ1) is 17.1. The van der Waals surface area contributed by atoms with E-state index in [1.54, 1.807) is 0 Å². The van der Waals surface area contributed by atoms with Crippen molar-refractivity contribution in [1.29, 1.82) is 0 Å². The molecule has 5 nitrogen and oxygen atoms in total. The molecular weight excluding hydrogens is 458 g/mol. The number of carbonyl (C=O) groups is 2. The number of nitrogens with one attached hydrogen (secondary N) is 1. The van der Waals surface area contributed by atoms with Crippen molar-refractivity contribution in [1.82, 2.24) is 15.1 Å². The lowest BCUT2D eigenvalue weighted by atomic mass is 9.83. The zero-order valence-corrected chi connectivity index (χ0v) is 20.5. The summed E-state index contributed by atoms with van der Waals surface area (Å²) in [5.74, 6) is 0.0870. The summed E-state index contributed by atoms with van der Waals surface area (Å²) >= 11 is 6.17. The largest absolute Gasteiger partial charge is 0.336 e. The predicted octanol–water partition coefficient (Wildman–Crippen LogP) is 4.59. The van der Waals surface area contributed by atoms with Crippen molar-refractivity contribution >= 4 is 23.4 Å². The Labute approximate surface area is 211 Å². The zero-order valence-electron chi connectivity index (χ0n) is 19.7. The van der Waals surface area contributed by atoms with Crippen LogP contribution in [0, 0.1) is 0 Å². The molecule has 180 valence electrons. The SMILES string of the molecule is O=C(CCC(=O)N1CCNCC1C(c1ccccc1)c1ccc(Cl)cc1)N1Cc2ccccc2C1. The third-order valence-electron chi connectivity index (χ3n) is 7.12. The van der Waals surface area contributed by atoms with E-state index in [1.165, 1.54) is 11.1 Å². The number of halogens is 1. The molecule has 1 fully saturated rings. The highest BCUT2D eigenvalue weighted by Gasteiger charge is 2.35. The standard InChI is InChI=1S/C29H30ClN3O2/c30-25-12-10-22(11-13-25)29(21-6-2-1-3-7-21)26-18-31-16-17-33(26)28(35)15-14-27(34)32-19-23-8-4-5-9-24(23)20-32/h1-13,26,29,31H,14-20H2. The number of nitrogens with zero attached hydrogens (tertiary/aromatic N) is 2. The Kier molecular flexibility index (Phi) is 7.16. The molecule has 0 saturated carbocycles. The molecule has 35 heavy (non-hydrogen) atoms. The van der Waals surface area contributed by atoms with Gasteiger partial charge in [0, 0.05) is 56.5 Å². The van der Waals surface area contributed by atoms with Crippen molar-refractivity contribution in [3.05, 3.63) is 106 Å². The van der Waals surface area contributed by atoms with E-state index < -0.39 is 0 Å². The topological polar surface area (TPSA) is 52.7 Å². The maximum Gasteiger partial charge on any atom is 0.223 e. The van der Waals surface area contributed by atoms with Crippen LogP contribution in [0.3, 0.4) is 0 Å². The van der Waals surface area contributed by atoms with Gasteiger partial charge in [-0.1, -0.05) is 78.3 Å². The van der Waals surface area contributed by atoms with Gasteiger partial charge in [-0.15, -0.1) is 0 Å². The van der Waals surface area contributed by atoms with Crippen LogP contribution >= 0.6 is 11.6 Å². The number of hydrogen-bond acceptors (Lipinski definition) is 3. The number of hydrogen-bond donors (Lipinski definition) is 1. The van der Waals surface area contributed by atoms with E-state index in [1.807, 2.05) is 64.4 Å². The van der Waals surface area contributed by atoms with Gasteiger partial charge in [0.25, 0.3) is 0 Å². The summed E-state index contributed by atoms with van der Waals surface area (Å²) in [6, 6.07) is 26.3. The van der Waals surface area contributed by atoms with Crippen molar-refractivity contribution in [3.63, 3.8) is 0 Å². The quantitative estimate of drug-likeness (QED) is 0.553. The fourth-order valence-electron chi connectivity index (χ4n) is 5.33. The molecule has 2 amide bonds. The van der Waals surface area contributed by atoms with Crippen LogP contribution in [0.4, 0.5) is 0 Å².